The molecule has 1 N–H and O–H groups in total. The van der Waals surface area contributed by atoms with Gasteiger partial charge in [0.25, 0.3) is 0 Å². The second kappa shape index (κ2) is 8.60. The van der Waals surface area contributed by atoms with E-state index in [2.05, 4.69) is 25.5 Å². The summed E-state index contributed by atoms with van der Waals surface area (Å²) in [6.07, 6.45) is 0.436. The van der Waals surface area contributed by atoms with Gasteiger partial charge in [0.15, 0.2) is 0 Å². The fourth-order valence-corrected chi connectivity index (χ4v) is 3.83. The Labute approximate surface area is 152 Å². The summed E-state index contributed by atoms with van der Waals surface area (Å²) >= 11 is 0. The van der Waals surface area contributed by atoms with E-state index in [-0.39, 0.29) is 22.4 Å². The molecule has 0 saturated heterocycles. The highest BCUT2D eigenvalue weighted by molar-refractivity contribution is 7.89. The molecule has 1 unspecified atom stereocenters. The lowest BCUT2D eigenvalue weighted by Crippen LogP contribution is -2.38. The minimum atomic E-state index is -3.46. The minimum absolute atomic E-state index is 0.00488. The predicted molar refractivity (Wildman–Crippen MR) is 100 cm³/mol. The summed E-state index contributed by atoms with van der Waals surface area (Å²) in [7, 11) is -3.46. The van der Waals surface area contributed by atoms with Crippen molar-refractivity contribution < 1.29 is 17.5 Å². The molecule has 0 bridgehead atoms. The minimum Gasteiger partial charge on any atom is -0.381 e. The van der Waals surface area contributed by atoms with E-state index >= 15 is 0 Å². The molecule has 0 aliphatic carbocycles. The van der Waals surface area contributed by atoms with E-state index in [1.54, 1.807) is 12.1 Å². The quantitative estimate of drug-likeness (QED) is 0.692. The molecule has 144 valence electrons. The van der Waals surface area contributed by atoms with Crippen molar-refractivity contribution in [3.63, 3.8) is 0 Å². The molecule has 0 radical (unpaired) electrons. The van der Waals surface area contributed by atoms with Gasteiger partial charge in [0.05, 0.1) is 18.4 Å². The molecule has 4 nitrogen and oxygen atoms in total. The predicted octanol–water partition coefficient (Wildman–Crippen LogP) is 4.29. The van der Waals surface area contributed by atoms with Gasteiger partial charge in [-0.25, -0.2) is 17.5 Å². The van der Waals surface area contributed by atoms with Gasteiger partial charge >= 0.3 is 0 Å². The number of sulfonamides is 1. The van der Waals surface area contributed by atoms with E-state index in [1.165, 1.54) is 12.1 Å². The van der Waals surface area contributed by atoms with Gasteiger partial charge in [-0.2, -0.15) is 0 Å². The standard InChI is InChI=1S/C19H32FNO3S/c1-18(2,3)14-24-12-7-13-25(22,23)21-17(19(4,5)6)15-8-10-16(20)11-9-15/h8-11,17,21H,7,12-14H2,1-6H3. The fourth-order valence-electron chi connectivity index (χ4n) is 2.37. The van der Waals surface area contributed by atoms with Crippen LogP contribution in [0, 0.1) is 16.6 Å². The monoisotopic (exact) mass is 373 g/mol. The molecule has 0 spiro atoms. The Balaban J connectivity index is 2.68. The van der Waals surface area contributed by atoms with E-state index in [4.69, 9.17) is 4.74 Å². The maximum Gasteiger partial charge on any atom is 0.212 e. The van der Waals surface area contributed by atoms with E-state index in [0.717, 1.165) is 5.56 Å². The molecular weight excluding hydrogens is 341 g/mol. The van der Waals surface area contributed by atoms with Crippen LogP contribution in [0.1, 0.15) is 59.6 Å². The number of nitrogens with one attached hydrogen (secondary N) is 1. The highest BCUT2D eigenvalue weighted by Crippen LogP contribution is 2.33. The van der Waals surface area contributed by atoms with Crippen LogP contribution in [0.4, 0.5) is 4.39 Å². The summed E-state index contributed by atoms with van der Waals surface area (Å²) in [6, 6.07) is 5.53. The molecule has 1 rings (SSSR count). The highest BCUT2D eigenvalue weighted by Gasteiger charge is 2.30. The second-order valence-corrected chi connectivity index (χ2v) is 10.6. The van der Waals surface area contributed by atoms with Gasteiger partial charge in [-0.05, 0) is 34.9 Å². The van der Waals surface area contributed by atoms with E-state index < -0.39 is 16.1 Å². The van der Waals surface area contributed by atoms with Crippen LogP contribution in [0.15, 0.2) is 24.3 Å². The third kappa shape index (κ3) is 8.79. The Kier molecular flexibility index (Phi) is 7.59. The average Bonchev–Trinajstić information content (AvgIpc) is 2.43. The summed E-state index contributed by atoms with van der Waals surface area (Å²) < 4.78 is 46.3. The zero-order valence-electron chi connectivity index (χ0n) is 16.2. The Bertz CT molecular complexity index is 628. The number of hydrogen-bond donors (Lipinski definition) is 1. The van der Waals surface area contributed by atoms with Crippen LogP contribution in [-0.4, -0.2) is 27.4 Å². The van der Waals surface area contributed by atoms with Gasteiger partial charge in [0.1, 0.15) is 5.82 Å². The lowest BCUT2D eigenvalue weighted by Gasteiger charge is -2.31. The van der Waals surface area contributed by atoms with Crippen LogP contribution in [0.2, 0.25) is 0 Å². The molecule has 0 fully saturated rings. The third-order valence-electron chi connectivity index (χ3n) is 3.60. The summed E-state index contributed by atoms with van der Waals surface area (Å²) in [5.41, 5.74) is 0.478. The molecule has 1 aromatic rings. The van der Waals surface area contributed by atoms with Crippen molar-refractivity contribution in [2.45, 2.75) is 54.0 Å². The lowest BCUT2D eigenvalue weighted by atomic mass is 9.83. The molecule has 1 aromatic carbocycles. The smallest absolute Gasteiger partial charge is 0.212 e. The van der Waals surface area contributed by atoms with E-state index in [9.17, 15) is 12.8 Å². The zero-order valence-corrected chi connectivity index (χ0v) is 17.0. The SMILES string of the molecule is CC(C)(C)COCCCS(=O)(=O)NC(c1ccc(F)cc1)C(C)(C)C. The van der Waals surface area contributed by atoms with Crippen molar-refractivity contribution in [3.05, 3.63) is 35.6 Å². The molecule has 0 heterocycles. The summed E-state index contributed by atoms with van der Waals surface area (Å²) in [5, 5.41) is 0. The number of halogens is 1. The second-order valence-electron chi connectivity index (χ2n) is 8.75. The highest BCUT2D eigenvalue weighted by atomic mass is 32.2. The van der Waals surface area contributed by atoms with Crippen LogP contribution in [0.25, 0.3) is 0 Å². The lowest BCUT2D eigenvalue weighted by molar-refractivity contribution is 0.0720. The number of hydrogen-bond acceptors (Lipinski definition) is 3. The number of rotatable bonds is 8. The molecule has 0 aliphatic rings. The Morgan fingerprint density at radius 2 is 1.64 bits per heavy atom. The van der Waals surface area contributed by atoms with Gasteiger partial charge in [-0.15, -0.1) is 0 Å². The molecule has 0 aliphatic heterocycles. The van der Waals surface area contributed by atoms with Crippen molar-refractivity contribution in [1.29, 1.82) is 0 Å². The Morgan fingerprint density at radius 1 is 1.08 bits per heavy atom. The van der Waals surface area contributed by atoms with Crippen molar-refractivity contribution in [2.75, 3.05) is 19.0 Å². The van der Waals surface area contributed by atoms with Gasteiger partial charge in [0, 0.05) is 6.61 Å². The summed E-state index contributed by atoms with van der Waals surface area (Å²) in [5.74, 6) is -0.333. The summed E-state index contributed by atoms with van der Waals surface area (Å²) in [4.78, 5) is 0. The van der Waals surface area contributed by atoms with Crippen LogP contribution >= 0.6 is 0 Å². The zero-order chi connectivity index (χ0) is 19.3. The van der Waals surface area contributed by atoms with Crippen molar-refractivity contribution in [3.8, 4) is 0 Å². The first-order valence-electron chi connectivity index (χ1n) is 8.63. The van der Waals surface area contributed by atoms with Crippen LogP contribution < -0.4 is 4.72 Å². The average molecular weight is 374 g/mol. The molecular formula is C19H32FNO3S. The molecule has 25 heavy (non-hydrogen) atoms. The van der Waals surface area contributed by atoms with Crippen molar-refractivity contribution >= 4 is 10.0 Å². The first-order valence-corrected chi connectivity index (χ1v) is 10.3. The van der Waals surface area contributed by atoms with Gasteiger partial charge in [0.2, 0.25) is 10.0 Å². The third-order valence-corrected chi connectivity index (χ3v) is 5.02. The summed E-state index contributed by atoms with van der Waals surface area (Å²) in [6.45, 7) is 13.1. The number of ether oxygens (including phenoxy) is 1. The van der Waals surface area contributed by atoms with Gasteiger partial charge in [-0.3, -0.25) is 0 Å². The Morgan fingerprint density at radius 3 is 2.12 bits per heavy atom. The molecule has 0 saturated carbocycles. The van der Waals surface area contributed by atoms with Crippen LogP contribution in [0.3, 0.4) is 0 Å². The molecule has 0 amide bonds. The van der Waals surface area contributed by atoms with Gasteiger partial charge < -0.3 is 4.74 Å². The number of benzene rings is 1. The van der Waals surface area contributed by atoms with Crippen LogP contribution in [-0.2, 0) is 14.8 Å². The van der Waals surface area contributed by atoms with E-state index in [1.807, 2.05) is 20.8 Å². The van der Waals surface area contributed by atoms with Crippen molar-refractivity contribution in [1.82, 2.24) is 4.72 Å². The first kappa shape index (κ1) is 22.1. The fraction of sp³-hybridized carbons (Fsp3) is 0.684. The van der Waals surface area contributed by atoms with Crippen molar-refractivity contribution in [2.24, 2.45) is 10.8 Å². The molecule has 1 atom stereocenters. The Hall–Kier alpha value is -0.980. The van der Waals surface area contributed by atoms with Crippen LogP contribution in [0.5, 0.6) is 0 Å². The maximum atomic E-state index is 13.2. The molecule has 6 heteroatoms. The first-order chi connectivity index (χ1) is 11.3. The normalized spacial score (nSPS) is 14.5. The van der Waals surface area contributed by atoms with Gasteiger partial charge in [-0.1, -0.05) is 53.7 Å². The molecule has 0 aromatic heterocycles. The maximum absolute atomic E-state index is 13.2. The topological polar surface area (TPSA) is 55.4 Å². The van der Waals surface area contributed by atoms with E-state index in [0.29, 0.717) is 19.6 Å². The largest absolute Gasteiger partial charge is 0.381 e.